The van der Waals surface area contributed by atoms with Gasteiger partial charge < -0.3 is 9.84 Å². The van der Waals surface area contributed by atoms with Crippen LogP contribution in [0.3, 0.4) is 0 Å². The van der Waals surface area contributed by atoms with Crippen molar-refractivity contribution in [1.29, 1.82) is 5.26 Å². The number of aliphatic hydroxyl groups is 1. The number of carbonyl (C=O) groups is 1. The molecule has 1 N–H and O–H groups in total. The molecule has 5 heteroatoms. The molecule has 26 heavy (non-hydrogen) atoms. The zero-order valence-electron chi connectivity index (χ0n) is 14.7. The van der Waals surface area contributed by atoms with Gasteiger partial charge in [-0.3, -0.25) is 9.69 Å². The Morgan fingerprint density at radius 3 is 2.96 bits per heavy atom. The van der Waals surface area contributed by atoms with E-state index in [4.69, 9.17) is 4.74 Å². The van der Waals surface area contributed by atoms with Crippen LogP contribution in [0.1, 0.15) is 48.8 Å². The number of hydrogen-bond donors (Lipinski definition) is 1. The molecule has 0 radical (unpaired) electrons. The number of rotatable bonds is 2. The number of hydrogen-bond acceptors (Lipinski definition) is 5. The van der Waals surface area contributed by atoms with Crippen LogP contribution in [-0.4, -0.2) is 46.6 Å². The molecule has 2 saturated carbocycles. The summed E-state index contributed by atoms with van der Waals surface area (Å²) in [5.74, 6) is 1.42. The normalized spacial score (nSPS) is 39.9. The number of likely N-dealkylation sites (tertiary alicyclic amines) is 1. The molecule has 134 valence electrons. The maximum atomic E-state index is 12.8. The summed E-state index contributed by atoms with van der Waals surface area (Å²) in [5, 5.41) is 21.6. The summed E-state index contributed by atoms with van der Waals surface area (Å²) < 4.78 is 6.16. The van der Waals surface area contributed by atoms with E-state index in [1.54, 1.807) is 0 Å². The van der Waals surface area contributed by atoms with Crippen LogP contribution >= 0.6 is 0 Å². The van der Waals surface area contributed by atoms with Gasteiger partial charge >= 0.3 is 0 Å². The molecule has 6 rings (SSSR count). The smallest absolute Gasteiger partial charge is 0.174 e. The Hall–Kier alpha value is -1.90. The summed E-state index contributed by atoms with van der Waals surface area (Å²) in [7, 11) is 0. The third-order valence-electron chi connectivity index (χ3n) is 7.70. The molecule has 1 saturated heterocycles. The number of benzene rings is 1. The molecule has 2 heterocycles. The number of Topliss-reactive ketones (excluding diaryl/α,β-unsaturated/α-hetero) is 1. The first-order valence-corrected chi connectivity index (χ1v) is 9.81. The molecule has 1 aromatic carbocycles. The van der Waals surface area contributed by atoms with E-state index in [-0.39, 0.29) is 11.8 Å². The number of nitrogens with zero attached hydrogens (tertiary/aromatic N) is 2. The molecule has 4 atom stereocenters. The Morgan fingerprint density at radius 2 is 2.19 bits per heavy atom. The van der Waals surface area contributed by atoms with E-state index in [0.717, 1.165) is 43.0 Å². The number of ether oxygens (including phenoxy) is 1. The van der Waals surface area contributed by atoms with Crippen LogP contribution in [-0.2, 0) is 16.6 Å². The van der Waals surface area contributed by atoms with Crippen molar-refractivity contribution >= 4 is 5.78 Å². The van der Waals surface area contributed by atoms with Gasteiger partial charge in [0.25, 0.3) is 0 Å². The fourth-order valence-electron chi connectivity index (χ4n) is 6.37. The summed E-state index contributed by atoms with van der Waals surface area (Å²) in [5.41, 5.74) is 1.01. The van der Waals surface area contributed by atoms with Crippen molar-refractivity contribution in [1.82, 2.24) is 4.90 Å². The van der Waals surface area contributed by atoms with Crippen LogP contribution < -0.4 is 4.74 Å². The van der Waals surface area contributed by atoms with Crippen molar-refractivity contribution in [2.45, 2.75) is 61.7 Å². The molecule has 3 fully saturated rings. The molecule has 0 amide bonds. The van der Waals surface area contributed by atoms with Crippen LogP contribution in [0, 0.1) is 17.2 Å². The van der Waals surface area contributed by atoms with E-state index in [9.17, 15) is 15.2 Å². The minimum atomic E-state index is -0.939. The second-order valence-electron chi connectivity index (χ2n) is 8.86. The van der Waals surface area contributed by atoms with Crippen LogP contribution in [0.5, 0.6) is 5.75 Å². The highest BCUT2D eigenvalue weighted by molar-refractivity contribution is 5.90. The third kappa shape index (κ3) is 1.57. The molecule has 3 aliphatic carbocycles. The Morgan fingerprint density at radius 1 is 1.35 bits per heavy atom. The molecule has 2 bridgehead atoms. The van der Waals surface area contributed by atoms with E-state index in [1.807, 2.05) is 12.1 Å². The summed E-state index contributed by atoms with van der Waals surface area (Å²) >= 11 is 0. The largest absolute Gasteiger partial charge is 0.480 e. The minimum Gasteiger partial charge on any atom is -0.480 e. The zero-order valence-corrected chi connectivity index (χ0v) is 14.7. The van der Waals surface area contributed by atoms with E-state index in [2.05, 4.69) is 11.0 Å². The summed E-state index contributed by atoms with van der Waals surface area (Å²) in [6.07, 6.45) is 4.35. The lowest BCUT2D eigenvalue weighted by Gasteiger charge is -2.62. The standard InChI is InChI=1S/C21H22N2O3/c22-10-14-4-3-13-9-16-21(25)6-5-15(24)19-20(21,17(13)18(14)26-19)7-8-23(16)11-12-1-2-12/h3-4,12,16,19,25H,1-2,5-9,11H2/t16-,19-,20+,21?/m1/s1. The quantitative estimate of drug-likeness (QED) is 0.879. The maximum absolute atomic E-state index is 12.8. The van der Waals surface area contributed by atoms with Gasteiger partial charge in [0.2, 0.25) is 0 Å². The third-order valence-corrected chi connectivity index (χ3v) is 7.70. The molecular formula is C21H22N2O3. The Kier molecular flexibility index (Phi) is 2.73. The van der Waals surface area contributed by atoms with Gasteiger partial charge in [0, 0.05) is 24.6 Å². The lowest BCUT2D eigenvalue weighted by molar-refractivity contribution is -0.188. The average molecular weight is 350 g/mol. The average Bonchev–Trinajstić information content (AvgIpc) is 3.37. The van der Waals surface area contributed by atoms with E-state index < -0.39 is 17.1 Å². The Bertz CT molecular complexity index is 886. The molecule has 0 aromatic heterocycles. The second-order valence-corrected chi connectivity index (χ2v) is 8.86. The first-order chi connectivity index (χ1) is 12.6. The number of piperidine rings is 1. The van der Waals surface area contributed by atoms with Crippen molar-refractivity contribution in [3.8, 4) is 11.8 Å². The van der Waals surface area contributed by atoms with Gasteiger partial charge in [0.05, 0.1) is 16.6 Å². The van der Waals surface area contributed by atoms with Crippen molar-refractivity contribution in [2.75, 3.05) is 13.1 Å². The van der Waals surface area contributed by atoms with Crippen molar-refractivity contribution in [3.05, 3.63) is 28.8 Å². The van der Waals surface area contributed by atoms with Crippen molar-refractivity contribution < 1.29 is 14.6 Å². The molecular weight excluding hydrogens is 328 g/mol. The highest BCUT2D eigenvalue weighted by Crippen LogP contribution is 2.64. The number of ketones is 1. The van der Waals surface area contributed by atoms with Gasteiger partial charge in [-0.2, -0.15) is 5.26 Å². The first kappa shape index (κ1) is 15.2. The van der Waals surface area contributed by atoms with E-state index in [1.165, 1.54) is 12.8 Å². The molecule has 5 aliphatic rings. The van der Waals surface area contributed by atoms with Gasteiger partial charge in [-0.1, -0.05) is 6.07 Å². The van der Waals surface area contributed by atoms with Gasteiger partial charge in [-0.25, -0.2) is 0 Å². The Labute approximate surface area is 152 Å². The maximum Gasteiger partial charge on any atom is 0.174 e. The lowest BCUT2D eigenvalue weighted by Crippen LogP contribution is -2.76. The summed E-state index contributed by atoms with van der Waals surface area (Å²) in [6, 6.07) is 6.10. The van der Waals surface area contributed by atoms with Gasteiger partial charge in [0.1, 0.15) is 11.8 Å². The summed E-state index contributed by atoms with van der Waals surface area (Å²) in [6.45, 7) is 1.95. The zero-order chi connectivity index (χ0) is 17.7. The highest BCUT2D eigenvalue weighted by atomic mass is 16.5. The van der Waals surface area contributed by atoms with Crippen molar-refractivity contribution in [3.63, 3.8) is 0 Å². The Balaban J connectivity index is 1.59. The van der Waals surface area contributed by atoms with E-state index in [0.29, 0.717) is 24.2 Å². The highest BCUT2D eigenvalue weighted by Gasteiger charge is 2.73. The van der Waals surface area contributed by atoms with Crippen LogP contribution in [0.15, 0.2) is 12.1 Å². The van der Waals surface area contributed by atoms with Crippen LogP contribution in [0.25, 0.3) is 0 Å². The molecule has 1 spiro atoms. The number of nitriles is 1. The minimum absolute atomic E-state index is 0.0439. The predicted octanol–water partition coefficient (Wildman–Crippen LogP) is 1.69. The molecule has 2 aliphatic heterocycles. The summed E-state index contributed by atoms with van der Waals surface area (Å²) in [4.78, 5) is 15.3. The number of carbonyl (C=O) groups excluding carboxylic acids is 1. The second kappa shape index (κ2) is 4.68. The van der Waals surface area contributed by atoms with Crippen LogP contribution in [0.4, 0.5) is 0 Å². The first-order valence-electron chi connectivity index (χ1n) is 9.81. The van der Waals surface area contributed by atoms with Gasteiger partial charge in [-0.15, -0.1) is 0 Å². The molecule has 1 unspecified atom stereocenters. The fourth-order valence-corrected chi connectivity index (χ4v) is 6.37. The molecule has 5 nitrogen and oxygen atoms in total. The molecule has 1 aromatic rings. The lowest BCUT2D eigenvalue weighted by atomic mass is 9.49. The topological polar surface area (TPSA) is 73.6 Å². The van der Waals surface area contributed by atoms with Gasteiger partial charge in [0.15, 0.2) is 11.9 Å². The predicted molar refractivity (Wildman–Crippen MR) is 92.8 cm³/mol. The monoisotopic (exact) mass is 350 g/mol. The fraction of sp³-hybridized carbons (Fsp3) is 0.619. The van der Waals surface area contributed by atoms with E-state index >= 15 is 0 Å². The SMILES string of the molecule is N#Cc1ccc2c3c1O[C@@H]1C(=O)CCC4(O)[C@@H](C2)N(CC2CC2)CC[C@]314. The van der Waals surface area contributed by atoms with Crippen molar-refractivity contribution in [2.24, 2.45) is 5.92 Å². The van der Waals surface area contributed by atoms with Crippen LogP contribution in [0.2, 0.25) is 0 Å². The van der Waals surface area contributed by atoms with Gasteiger partial charge in [-0.05, 0) is 56.2 Å².